The van der Waals surface area contributed by atoms with Gasteiger partial charge in [0, 0.05) is 34.4 Å². The van der Waals surface area contributed by atoms with E-state index in [-0.39, 0.29) is 17.5 Å². The van der Waals surface area contributed by atoms with Gasteiger partial charge in [0.15, 0.2) is 0 Å². The van der Waals surface area contributed by atoms with Crippen LogP contribution in [-0.2, 0) is 21.3 Å². The second-order valence-corrected chi connectivity index (χ2v) is 6.68. The highest BCUT2D eigenvalue weighted by molar-refractivity contribution is 7.84. The molecule has 0 spiro atoms. The van der Waals surface area contributed by atoms with Crippen LogP contribution in [-0.4, -0.2) is 26.0 Å². The van der Waals surface area contributed by atoms with Crippen LogP contribution in [0.5, 0.6) is 0 Å². The van der Waals surface area contributed by atoms with Crippen molar-refractivity contribution in [3.05, 3.63) is 39.9 Å². The van der Waals surface area contributed by atoms with Crippen LogP contribution in [0.25, 0.3) is 0 Å². The number of nitrogens with zero attached hydrogens (tertiary/aromatic N) is 1. The first kappa shape index (κ1) is 14.6. The van der Waals surface area contributed by atoms with Gasteiger partial charge < -0.3 is 5.11 Å². The standard InChI is InChI=1S/C13H15NO5S/c15-12(16)7-13(5-6-13)9-20(19)8-10-1-3-11(4-2-10)14(17)18/h1-4H,5-9H2,(H,15,16). The van der Waals surface area contributed by atoms with Crippen LogP contribution in [0.3, 0.4) is 0 Å². The summed E-state index contributed by atoms with van der Waals surface area (Å²) in [6.07, 6.45) is 1.69. The number of nitro benzene ring substituents is 1. The molecule has 1 aliphatic rings. The topological polar surface area (TPSA) is 97.5 Å². The molecule has 0 radical (unpaired) electrons. The third-order valence-electron chi connectivity index (χ3n) is 3.43. The molecule has 0 heterocycles. The summed E-state index contributed by atoms with van der Waals surface area (Å²) in [5.41, 5.74) is 0.474. The number of aliphatic carboxylic acids is 1. The highest BCUT2D eigenvalue weighted by atomic mass is 32.2. The Hall–Kier alpha value is -1.76. The fourth-order valence-corrected chi connectivity index (χ4v) is 3.90. The van der Waals surface area contributed by atoms with Crippen LogP contribution in [0.1, 0.15) is 24.8 Å². The molecule has 1 atom stereocenters. The minimum Gasteiger partial charge on any atom is -0.481 e. The van der Waals surface area contributed by atoms with Crippen molar-refractivity contribution in [3.8, 4) is 0 Å². The van der Waals surface area contributed by atoms with E-state index < -0.39 is 21.7 Å². The summed E-state index contributed by atoms with van der Waals surface area (Å²) < 4.78 is 12.1. The van der Waals surface area contributed by atoms with E-state index in [4.69, 9.17) is 5.11 Å². The average molecular weight is 297 g/mol. The zero-order valence-electron chi connectivity index (χ0n) is 10.8. The third kappa shape index (κ3) is 3.86. The number of non-ortho nitro benzene ring substituents is 1. The zero-order valence-corrected chi connectivity index (χ0v) is 11.6. The van der Waals surface area contributed by atoms with Crippen molar-refractivity contribution in [1.29, 1.82) is 0 Å². The molecule has 1 N–H and O–H groups in total. The summed E-state index contributed by atoms with van der Waals surface area (Å²) in [6, 6.07) is 5.95. The maximum atomic E-state index is 12.1. The lowest BCUT2D eigenvalue weighted by Gasteiger charge is -2.11. The Bertz CT molecular complexity index is 550. The molecule has 1 saturated carbocycles. The van der Waals surface area contributed by atoms with Gasteiger partial charge in [-0.2, -0.15) is 0 Å². The largest absolute Gasteiger partial charge is 0.481 e. The number of carbonyl (C=O) groups is 1. The molecule has 1 fully saturated rings. The second-order valence-electron chi connectivity index (χ2n) is 5.22. The van der Waals surface area contributed by atoms with Gasteiger partial charge in [0.1, 0.15) is 0 Å². The molecular weight excluding hydrogens is 282 g/mol. The molecule has 108 valence electrons. The van der Waals surface area contributed by atoms with Gasteiger partial charge in [-0.1, -0.05) is 12.1 Å². The van der Waals surface area contributed by atoms with Crippen LogP contribution < -0.4 is 0 Å². The average Bonchev–Trinajstić information content (AvgIpc) is 3.07. The van der Waals surface area contributed by atoms with Crippen molar-refractivity contribution in [2.75, 3.05) is 5.75 Å². The van der Waals surface area contributed by atoms with E-state index in [1.165, 1.54) is 12.1 Å². The summed E-state index contributed by atoms with van der Waals surface area (Å²) >= 11 is 0. The fraction of sp³-hybridized carbons (Fsp3) is 0.462. The Morgan fingerprint density at radius 1 is 1.35 bits per heavy atom. The number of benzene rings is 1. The smallest absolute Gasteiger partial charge is 0.303 e. The van der Waals surface area contributed by atoms with Crippen molar-refractivity contribution in [2.24, 2.45) is 5.41 Å². The first-order chi connectivity index (χ1) is 9.40. The van der Waals surface area contributed by atoms with Gasteiger partial charge in [0.25, 0.3) is 5.69 Å². The van der Waals surface area contributed by atoms with Crippen molar-refractivity contribution < 1.29 is 19.0 Å². The predicted octanol–water partition coefficient (Wildman–Crippen LogP) is 2.10. The Balaban J connectivity index is 1.91. The highest BCUT2D eigenvalue weighted by Gasteiger charge is 2.45. The summed E-state index contributed by atoms with van der Waals surface area (Å²) in [4.78, 5) is 20.8. The Kier molecular flexibility index (Phi) is 4.17. The molecular formula is C13H15NO5S. The van der Waals surface area contributed by atoms with Gasteiger partial charge in [-0.3, -0.25) is 19.1 Å². The summed E-state index contributed by atoms with van der Waals surface area (Å²) in [5, 5.41) is 19.3. The van der Waals surface area contributed by atoms with Gasteiger partial charge in [-0.25, -0.2) is 0 Å². The molecule has 1 aliphatic carbocycles. The lowest BCUT2D eigenvalue weighted by atomic mass is 10.1. The summed E-state index contributed by atoms with van der Waals surface area (Å²) in [6.45, 7) is 0. The SMILES string of the molecule is O=C(O)CC1(CS(=O)Cc2ccc([N+](=O)[O-])cc2)CC1. The van der Waals surface area contributed by atoms with Gasteiger partial charge >= 0.3 is 5.97 Å². The molecule has 2 rings (SSSR count). The van der Waals surface area contributed by atoms with Crippen LogP contribution in [0.15, 0.2) is 24.3 Å². The maximum absolute atomic E-state index is 12.1. The number of rotatable bonds is 7. The Labute approximate surface area is 118 Å². The number of hydrogen-bond acceptors (Lipinski definition) is 4. The molecule has 6 nitrogen and oxygen atoms in total. The van der Waals surface area contributed by atoms with Crippen molar-refractivity contribution in [1.82, 2.24) is 0 Å². The molecule has 1 unspecified atom stereocenters. The van der Waals surface area contributed by atoms with Crippen LogP contribution in [0.4, 0.5) is 5.69 Å². The molecule has 0 aliphatic heterocycles. The number of carboxylic acids is 1. The lowest BCUT2D eigenvalue weighted by molar-refractivity contribution is -0.384. The van der Waals surface area contributed by atoms with E-state index in [0.29, 0.717) is 11.5 Å². The predicted molar refractivity (Wildman–Crippen MR) is 73.7 cm³/mol. The molecule has 0 bridgehead atoms. The Morgan fingerprint density at radius 2 is 1.95 bits per heavy atom. The monoisotopic (exact) mass is 297 g/mol. The molecule has 7 heteroatoms. The van der Waals surface area contributed by atoms with E-state index in [1.807, 2.05) is 0 Å². The quantitative estimate of drug-likeness (QED) is 0.614. The maximum Gasteiger partial charge on any atom is 0.303 e. The number of carboxylic acid groups (broad SMARTS) is 1. The molecule has 0 saturated heterocycles. The van der Waals surface area contributed by atoms with Gasteiger partial charge in [-0.05, 0) is 23.8 Å². The van der Waals surface area contributed by atoms with E-state index in [0.717, 1.165) is 18.4 Å². The van der Waals surface area contributed by atoms with E-state index in [2.05, 4.69) is 0 Å². The highest BCUT2D eigenvalue weighted by Crippen LogP contribution is 2.49. The normalized spacial score (nSPS) is 17.4. The molecule has 0 aromatic heterocycles. The first-order valence-electron chi connectivity index (χ1n) is 6.20. The minimum atomic E-state index is -1.14. The fourth-order valence-electron chi connectivity index (χ4n) is 2.16. The molecule has 0 amide bonds. The van der Waals surface area contributed by atoms with Gasteiger partial charge in [0.05, 0.1) is 11.3 Å². The van der Waals surface area contributed by atoms with Crippen molar-refractivity contribution in [2.45, 2.75) is 25.0 Å². The first-order valence-corrected chi connectivity index (χ1v) is 7.69. The third-order valence-corrected chi connectivity index (χ3v) is 5.01. The molecule has 1 aromatic rings. The molecule has 1 aromatic carbocycles. The van der Waals surface area contributed by atoms with Crippen LogP contribution in [0.2, 0.25) is 0 Å². The van der Waals surface area contributed by atoms with Crippen molar-refractivity contribution in [3.63, 3.8) is 0 Å². The van der Waals surface area contributed by atoms with E-state index >= 15 is 0 Å². The second kappa shape index (κ2) is 5.70. The summed E-state index contributed by atoms with van der Waals surface area (Å²) in [7, 11) is -1.14. The van der Waals surface area contributed by atoms with Crippen LogP contribution >= 0.6 is 0 Å². The van der Waals surface area contributed by atoms with E-state index in [9.17, 15) is 19.1 Å². The van der Waals surface area contributed by atoms with Crippen LogP contribution in [0, 0.1) is 15.5 Å². The lowest BCUT2D eigenvalue weighted by Crippen LogP contribution is -2.17. The summed E-state index contributed by atoms with van der Waals surface area (Å²) in [5.74, 6) is -0.162. The van der Waals surface area contributed by atoms with E-state index in [1.54, 1.807) is 12.1 Å². The van der Waals surface area contributed by atoms with Gasteiger partial charge in [-0.15, -0.1) is 0 Å². The van der Waals surface area contributed by atoms with Gasteiger partial charge in [0.2, 0.25) is 0 Å². The Morgan fingerprint density at radius 3 is 2.40 bits per heavy atom. The zero-order chi connectivity index (χ0) is 14.8. The van der Waals surface area contributed by atoms with Crippen molar-refractivity contribution >= 4 is 22.5 Å². The number of nitro groups is 1. The number of hydrogen-bond donors (Lipinski definition) is 1. The molecule has 20 heavy (non-hydrogen) atoms. The minimum absolute atomic E-state index is 0.00377.